The van der Waals surface area contributed by atoms with Crippen molar-refractivity contribution in [3.8, 4) is 12.3 Å². The molecule has 1 heterocycles. The van der Waals surface area contributed by atoms with Gasteiger partial charge in [0.1, 0.15) is 0 Å². The van der Waals surface area contributed by atoms with E-state index in [2.05, 4.69) is 16.7 Å². The molecule has 0 unspecified atom stereocenters. The molecule has 0 aliphatic carbocycles. The third-order valence-electron chi connectivity index (χ3n) is 5.19. The molecule has 0 fully saturated rings. The number of carboxylic acid groups (broad SMARTS) is 1. The molecule has 0 saturated heterocycles. The number of aliphatic carboxylic acids is 1. The molecule has 2 aromatic rings. The van der Waals surface area contributed by atoms with Crippen molar-refractivity contribution < 1.29 is 24.3 Å². The number of rotatable bonds is 9. The Morgan fingerprint density at radius 2 is 1.97 bits per heavy atom. The van der Waals surface area contributed by atoms with Gasteiger partial charge in [-0.05, 0) is 35.3 Å². The van der Waals surface area contributed by atoms with Gasteiger partial charge in [0, 0.05) is 22.7 Å². The summed E-state index contributed by atoms with van der Waals surface area (Å²) in [5, 5.41) is 12.2. The molecule has 0 aromatic heterocycles. The molecule has 34 heavy (non-hydrogen) atoms. The van der Waals surface area contributed by atoms with E-state index >= 15 is 0 Å². The van der Waals surface area contributed by atoms with Crippen LogP contribution >= 0.6 is 11.6 Å². The lowest BCUT2D eigenvalue weighted by molar-refractivity contribution is -0.137. The van der Waals surface area contributed by atoms with Crippen LogP contribution in [0.3, 0.4) is 0 Å². The highest BCUT2D eigenvalue weighted by Gasteiger charge is 2.37. The summed E-state index contributed by atoms with van der Waals surface area (Å²) >= 11 is 5.99. The van der Waals surface area contributed by atoms with Crippen molar-refractivity contribution >= 4 is 29.4 Å². The van der Waals surface area contributed by atoms with E-state index in [9.17, 15) is 14.4 Å². The van der Waals surface area contributed by atoms with Gasteiger partial charge < -0.3 is 10.4 Å². The zero-order valence-electron chi connectivity index (χ0n) is 18.2. The largest absolute Gasteiger partial charge is 0.481 e. The van der Waals surface area contributed by atoms with Crippen molar-refractivity contribution in [1.29, 1.82) is 0 Å². The van der Waals surface area contributed by atoms with Crippen LogP contribution in [0.1, 0.15) is 39.4 Å². The molecule has 0 saturated carbocycles. The summed E-state index contributed by atoms with van der Waals surface area (Å²) in [6, 6.07) is 13.3. The average Bonchev–Trinajstić information content (AvgIpc) is 2.79. The van der Waals surface area contributed by atoms with Crippen LogP contribution in [-0.2, 0) is 27.5 Å². The second-order valence-corrected chi connectivity index (χ2v) is 8.06. The van der Waals surface area contributed by atoms with Crippen molar-refractivity contribution in [2.24, 2.45) is 0 Å². The van der Waals surface area contributed by atoms with Gasteiger partial charge in [0.05, 0.1) is 18.9 Å². The van der Waals surface area contributed by atoms with E-state index in [1.165, 1.54) is 6.08 Å². The first-order valence-electron chi connectivity index (χ1n) is 10.5. The molecule has 0 bridgehead atoms. The van der Waals surface area contributed by atoms with Crippen molar-refractivity contribution in [3.63, 3.8) is 0 Å². The van der Waals surface area contributed by atoms with Crippen molar-refractivity contribution in [2.45, 2.75) is 31.4 Å². The van der Waals surface area contributed by atoms with Crippen LogP contribution in [0.25, 0.3) is 0 Å². The summed E-state index contributed by atoms with van der Waals surface area (Å²) in [5.74, 6) is 0.0129. The standard InChI is InChI=1S/C26H23ClN2O5/c1-2-7-19(27)10-6-13-22-24(20-11-3-4-12-21(20)25(32)28-22)26(33)29-34-16-18-9-5-8-17(14-18)15-23(30)31/h1,3-12,14,22,24H,13,15-16H2,(H,28,32)(H,29,33)(H,30,31)/b10-6-,19-7+/t22-,24+/m0/s1. The van der Waals surface area contributed by atoms with Gasteiger partial charge in [0.25, 0.3) is 11.8 Å². The first kappa shape index (κ1) is 24.8. The Balaban J connectivity index is 1.72. The second-order valence-electron chi connectivity index (χ2n) is 7.62. The van der Waals surface area contributed by atoms with Gasteiger partial charge in [-0.2, -0.15) is 0 Å². The predicted octanol–water partition coefficient (Wildman–Crippen LogP) is 3.46. The smallest absolute Gasteiger partial charge is 0.307 e. The van der Waals surface area contributed by atoms with Gasteiger partial charge in [-0.25, -0.2) is 5.48 Å². The molecule has 1 aliphatic rings. The summed E-state index contributed by atoms with van der Waals surface area (Å²) in [6.07, 6.45) is 10.2. The fourth-order valence-corrected chi connectivity index (χ4v) is 3.91. The van der Waals surface area contributed by atoms with E-state index in [1.54, 1.807) is 60.7 Å². The molecule has 3 rings (SSSR count). The normalized spacial score (nSPS) is 17.5. The fourth-order valence-electron chi connectivity index (χ4n) is 3.75. The monoisotopic (exact) mass is 478 g/mol. The molecule has 3 N–H and O–H groups in total. The number of hydroxylamine groups is 1. The highest BCUT2D eigenvalue weighted by Crippen LogP contribution is 2.30. The Labute approximate surface area is 202 Å². The summed E-state index contributed by atoms with van der Waals surface area (Å²) in [4.78, 5) is 42.0. The molecule has 7 nitrogen and oxygen atoms in total. The van der Waals surface area contributed by atoms with E-state index in [1.807, 2.05) is 0 Å². The summed E-state index contributed by atoms with van der Waals surface area (Å²) in [5.41, 5.74) is 4.84. The van der Waals surface area contributed by atoms with E-state index in [0.29, 0.717) is 33.7 Å². The van der Waals surface area contributed by atoms with Crippen LogP contribution in [-0.4, -0.2) is 28.9 Å². The van der Waals surface area contributed by atoms with Crippen LogP contribution in [0.5, 0.6) is 0 Å². The van der Waals surface area contributed by atoms with Gasteiger partial charge in [-0.3, -0.25) is 19.2 Å². The number of amides is 2. The number of hydrogen-bond donors (Lipinski definition) is 3. The highest BCUT2D eigenvalue weighted by atomic mass is 35.5. The van der Waals surface area contributed by atoms with Gasteiger partial charge >= 0.3 is 5.97 Å². The lowest BCUT2D eigenvalue weighted by Gasteiger charge is -2.32. The number of carbonyl (C=O) groups excluding carboxylic acids is 2. The number of fused-ring (bicyclic) bond motifs is 1. The third kappa shape index (κ3) is 6.58. The SMILES string of the molecule is C#C/C=C(Cl)\C=C/C[C@@H]1NC(=O)c2ccccc2[C@H]1C(=O)NOCc1cccc(CC(=O)O)c1. The lowest BCUT2D eigenvalue weighted by atomic mass is 9.82. The highest BCUT2D eigenvalue weighted by molar-refractivity contribution is 6.31. The average molecular weight is 479 g/mol. The Bertz CT molecular complexity index is 1180. The van der Waals surface area contributed by atoms with Crippen LogP contribution in [0.15, 0.2) is 71.8 Å². The Kier molecular flexibility index (Phi) is 8.63. The fraction of sp³-hybridized carbons (Fsp3) is 0.192. The molecular weight excluding hydrogens is 456 g/mol. The topological polar surface area (TPSA) is 105 Å². The maximum absolute atomic E-state index is 13.1. The van der Waals surface area contributed by atoms with Crippen molar-refractivity contribution in [3.05, 3.63) is 94.0 Å². The molecule has 1 aliphatic heterocycles. The Morgan fingerprint density at radius 3 is 2.74 bits per heavy atom. The maximum Gasteiger partial charge on any atom is 0.307 e. The number of terminal acetylenes is 1. The number of carbonyl (C=O) groups is 3. The minimum atomic E-state index is -0.930. The van der Waals surface area contributed by atoms with Crippen LogP contribution in [0.2, 0.25) is 0 Å². The third-order valence-corrected chi connectivity index (χ3v) is 5.42. The van der Waals surface area contributed by atoms with Crippen LogP contribution in [0.4, 0.5) is 0 Å². The predicted molar refractivity (Wildman–Crippen MR) is 128 cm³/mol. The molecular formula is C26H23ClN2O5. The maximum atomic E-state index is 13.1. The molecule has 2 amide bonds. The van der Waals surface area contributed by atoms with Gasteiger partial charge in [0.2, 0.25) is 0 Å². The van der Waals surface area contributed by atoms with Gasteiger partial charge in [0.15, 0.2) is 0 Å². The number of halogens is 1. The Morgan fingerprint density at radius 1 is 1.21 bits per heavy atom. The molecule has 0 spiro atoms. The van der Waals surface area contributed by atoms with E-state index in [-0.39, 0.29) is 18.9 Å². The number of hydrogen-bond acceptors (Lipinski definition) is 4. The quantitative estimate of drug-likeness (QED) is 0.291. The zero-order valence-corrected chi connectivity index (χ0v) is 18.9. The first-order valence-corrected chi connectivity index (χ1v) is 10.9. The van der Waals surface area contributed by atoms with E-state index < -0.39 is 23.8 Å². The van der Waals surface area contributed by atoms with E-state index in [0.717, 1.165) is 0 Å². The van der Waals surface area contributed by atoms with Crippen LogP contribution in [0, 0.1) is 12.3 Å². The number of allylic oxidation sites excluding steroid dienone is 3. The minimum Gasteiger partial charge on any atom is -0.481 e. The minimum absolute atomic E-state index is 0.0526. The summed E-state index contributed by atoms with van der Waals surface area (Å²) < 4.78 is 0. The molecule has 8 heteroatoms. The number of nitrogens with one attached hydrogen (secondary N) is 2. The van der Waals surface area contributed by atoms with E-state index in [4.69, 9.17) is 28.0 Å². The summed E-state index contributed by atoms with van der Waals surface area (Å²) in [7, 11) is 0. The number of benzene rings is 2. The van der Waals surface area contributed by atoms with Crippen molar-refractivity contribution in [2.75, 3.05) is 0 Å². The molecule has 2 aromatic carbocycles. The zero-order chi connectivity index (χ0) is 24.5. The van der Waals surface area contributed by atoms with Gasteiger partial charge in [-0.15, -0.1) is 6.42 Å². The molecule has 0 radical (unpaired) electrons. The lowest BCUT2D eigenvalue weighted by Crippen LogP contribution is -2.49. The first-order chi connectivity index (χ1) is 16.4. The molecule has 2 atom stereocenters. The van der Waals surface area contributed by atoms with Gasteiger partial charge in [-0.1, -0.05) is 66.1 Å². The van der Waals surface area contributed by atoms with Crippen molar-refractivity contribution in [1.82, 2.24) is 10.8 Å². The summed E-state index contributed by atoms with van der Waals surface area (Å²) in [6.45, 7) is 0.0526. The second kappa shape index (κ2) is 11.8. The Hall–Kier alpha value is -3.86. The number of carboxylic acids is 1. The van der Waals surface area contributed by atoms with Crippen LogP contribution < -0.4 is 10.8 Å². The molecule has 174 valence electrons.